The second-order valence-electron chi connectivity index (χ2n) is 5.63. The molecule has 0 spiro atoms. The van der Waals surface area contributed by atoms with Gasteiger partial charge in [0.05, 0.1) is 11.7 Å². The summed E-state index contributed by atoms with van der Waals surface area (Å²) in [5.74, 6) is 0.367. The molecule has 1 aliphatic carbocycles. The molecule has 0 bridgehead atoms. The van der Waals surface area contributed by atoms with Gasteiger partial charge in [-0.3, -0.25) is 9.89 Å². The molecule has 1 fully saturated rings. The Bertz CT molecular complexity index is 612. The molecule has 0 aliphatic heterocycles. The SMILES string of the molecule is Cl.NC1CCCCC1CC(=O)Nc1ccc2cn[nH]c2c1. The molecule has 0 radical (unpaired) electrons. The average molecular weight is 309 g/mol. The standard InChI is InChI=1S/C15H20N4O.ClH/c16-13-4-2-1-3-10(13)7-15(20)18-12-6-5-11-9-17-19-14(11)8-12;/h5-6,8-10,13H,1-4,7,16H2,(H,17,19)(H,18,20);1H. The number of amides is 1. The Labute approximate surface area is 130 Å². The van der Waals surface area contributed by atoms with Crippen LogP contribution in [0.4, 0.5) is 5.69 Å². The normalized spacial score (nSPS) is 21.8. The van der Waals surface area contributed by atoms with E-state index in [0.29, 0.717) is 12.3 Å². The molecule has 1 amide bonds. The number of hydrogen-bond donors (Lipinski definition) is 3. The van der Waals surface area contributed by atoms with Crippen molar-refractivity contribution in [2.75, 3.05) is 5.32 Å². The number of halogens is 1. The quantitative estimate of drug-likeness (QED) is 0.815. The van der Waals surface area contributed by atoms with Gasteiger partial charge in [-0.25, -0.2) is 0 Å². The molecule has 4 N–H and O–H groups in total. The number of fused-ring (bicyclic) bond motifs is 1. The van der Waals surface area contributed by atoms with Gasteiger partial charge in [0, 0.05) is 23.5 Å². The molecule has 2 aromatic rings. The molecular weight excluding hydrogens is 288 g/mol. The van der Waals surface area contributed by atoms with E-state index in [2.05, 4.69) is 15.5 Å². The Hall–Kier alpha value is -1.59. The van der Waals surface area contributed by atoms with Crippen molar-refractivity contribution in [2.45, 2.75) is 38.1 Å². The third kappa shape index (κ3) is 3.74. The van der Waals surface area contributed by atoms with Gasteiger partial charge in [0.15, 0.2) is 0 Å². The molecule has 114 valence electrons. The summed E-state index contributed by atoms with van der Waals surface area (Å²) in [5, 5.41) is 10.9. The van der Waals surface area contributed by atoms with Gasteiger partial charge in [0.1, 0.15) is 0 Å². The predicted octanol–water partition coefficient (Wildman–Crippen LogP) is 2.83. The van der Waals surface area contributed by atoms with Crippen molar-refractivity contribution >= 4 is 34.9 Å². The van der Waals surface area contributed by atoms with Gasteiger partial charge in [-0.1, -0.05) is 12.8 Å². The van der Waals surface area contributed by atoms with E-state index in [1.165, 1.54) is 12.8 Å². The zero-order chi connectivity index (χ0) is 13.9. The zero-order valence-corrected chi connectivity index (χ0v) is 12.7. The molecule has 21 heavy (non-hydrogen) atoms. The van der Waals surface area contributed by atoms with E-state index in [1.54, 1.807) is 6.20 Å². The van der Waals surface area contributed by atoms with Crippen LogP contribution in [0.5, 0.6) is 0 Å². The van der Waals surface area contributed by atoms with Gasteiger partial charge in [-0.2, -0.15) is 5.10 Å². The summed E-state index contributed by atoms with van der Waals surface area (Å²) < 4.78 is 0. The van der Waals surface area contributed by atoms with E-state index in [0.717, 1.165) is 29.4 Å². The first-order chi connectivity index (χ1) is 9.72. The Morgan fingerprint density at radius 3 is 3.00 bits per heavy atom. The first kappa shape index (κ1) is 15.8. The zero-order valence-electron chi connectivity index (χ0n) is 11.8. The molecule has 1 saturated carbocycles. The van der Waals surface area contributed by atoms with E-state index >= 15 is 0 Å². The number of carbonyl (C=O) groups excluding carboxylic acids is 1. The molecule has 2 atom stereocenters. The third-order valence-corrected chi connectivity index (χ3v) is 4.14. The van der Waals surface area contributed by atoms with Gasteiger partial charge >= 0.3 is 0 Å². The van der Waals surface area contributed by atoms with E-state index in [1.807, 2.05) is 18.2 Å². The summed E-state index contributed by atoms with van der Waals surface area (Å²) in [5.41, 5.74) is 7.82. The van der Waals surface area contributed by atoms with E-state index < -0.39 is 0 Å². The minimum Gasteiger partial charge on any atom is -0.327 e. The van der Waals surface area contributed by atoms with Gasteiger partial charge in [0.25, 0.3) is 0 Å². The monoisotopic (exact) mass is 308 g/mol. The average Bonchev–Trinajstić information content (AvgIpc) is 2.89. The first-order valence-corrected chi connectivity index (χ1v) is 7.21. The van der Waals surface area contributed by atoms with Crippen LogP contribution >= 0.6 is 12.4 Å². The van der Waals surface area contributed by atoms with Crippen molar-refractivity contribution in [1.29, 1.82) is 0 Å². The maximum absolute atomic E-state index is 12.1. The van der Waals surface area contributed by atoms with Crippen LogP contribution < -0.4 is 11.1 Å². The van der Waals surface area contributed by atoms with E-state index in [9.17, 15) is 4.79 Å². The van der Waals surface area contributed by atoms with E-state index in [4.69, 9.17) is 5.73 Å². The van der Waals surface area contributed by atoms with Crippen LogP contribution in [0.1, 0.15) is 32.1 Å². The van der Waals surface area contributed by atoms with Crippen molar-refractivity contribution < 1.29 is 4.79 Å². The Kier molecular flexibility index (Phi) is 5.20. The summed E-state index contributed by atoms with van der Waals surface area (Å²) in [4.78, 5) is 12.1. The molecule has 2 unspecified atom stereocenters. The summed E-state index contributed by atoms with van der Waals surface area (Å²) in [6, 6.07) is 5.92. The topological polar surface area (TPSA) is 83.8 Å². The number of benzene rings is 1. The molecule has 1 heterocycles. The van der Waals surface area contributed by atoms with Crippen molar-refractivity contribution in [3.63, 3.8) is 0 Å². The molecule has 5 nitrogen and oxygen atoms in total. The lowest BCUT2D eigenvalue weighted by atomic mass is 9.83. The van der Waals surface area contributed by atoms with Crippen molar-refractivity contribution in [3.05, 3.63) is 24.4 Å². The van der Waals surface area contributed by atoms with Crippen molar-refractivity contribution in [2.24, 2.45) is 11.7 Å². The number of carbonyl (C=O) groups is 1. The maximum Gasteiger partial charge on any atom is 0.224 e. The van der Waals surface area contributed by atoms with Gasteiger partial charge in [-0.05, 0) is 37.0 Å². The van der Waals surface area contributed by atoms with Gasteiger partial charge in [0.2, 0.25) is 5.91 Å². The van der Waals surface area contributed by atoms with Crippen LogP contribution in [-0.2, 0) is 4.79 Å². The smallest absolute Gasteiger partial charge is 0.224 e. The second kappa shape index (κ2) is 6.91. The minimum absolute atomic E-state index is 0. The summed E-state index contributed by atoms with van der Waals surface area (Å²) in [7, 11) is 0. The highest BCUT2D eigenvalue weighted by atomic mass is 35.5. The number of nitrogens with two attached hydrogens (primary N) is 1. The van der Waals surface area contributed by atoms with E-state index in [-0.39, 0.29) is 24.4 Å². The predicted molar refractivity (Wildman–Crippen MR) is 86.5 cm³/mol. The minimum atomic E-state index is 0. The Morgan fingerprint density at radius 2 is 2.19 bits per heavy atom. The fourth-order valence-corrected chi connectivity index (χ4v) is 2.95. The van der Waals surface area contributed by atoms with Crippen molar-refractivity contribution in [1.82, 2.24) is 10.2 Å². The van der Waals surface area contributed by atoms with Crippen LogP contribution in [0.2, 0.25) is 0 Å². The highest BCUT2D eigenvalue weighted by Gasteiger charge is 2.24. The summed E-state index contributed by atoms with van der Waals surface area (Å²) in [6.45, 7) is 0. The molecule has 1 aliphatic rings. The molecule has 0 saturated heterocycles. The maximum atomic E-state index is 12.1. The number of aromatic nitrogens is 2. The summed E-state index contributed by atoms with van der Waals surface area (Å²) >= 11 is 0. The molecular formula is C15H21ClN4O. The van der Waals surface area contributed by atoms with Crippen LogP contribution in [0.25, 0.3) is 10.9 Å². The number of anilines is 1. The number of nitrogens with zero attached hydrogens (tertiary/aromatic N) is 1. The lowest BCUT2D eigenvalue weighted by Gasteiger charge is -2.27. The van der Waals surface area contributed by atoms with Gasteiger partial charge < -0.3 is 11.1 Å². The number of H-pyrrole nitrogens is 1. The number of aromatic amines is 1. The third-order valence-electron chi connectivity index (χ3n) is 4.14. The fraction of sp³-hybridized carbons (Fsp3) is 0.467. The Morgan fingerprint density at radius 1 is 1.38 bits per heavy atom. The lowest BCUT2D eigenvalue weighted by Crippen LogP contribution is -2.35. The molecule has 6 heteroatoms. The number of rotatable bonds is 3. The summed E-state index contributed by atoms with van der Waals surface area (Å²) in [6.07, 6.45) is 6.76. The van der Waals surface area contributed by atoms with Crippen LogP contribution in [-0.4, -0.2) is 22.1 Å². The highest BCUT2D eigenvalue weighted by Crippen LogP contribution is 2.26. The first-order valence-electron chi connectivity index (χ1n) is 7.21. The second-order valence-corrected chi connectivity index (χ2v) is 5.63. The van der Waals surface area contributed by atoms with Crippen LogP contribution in [0.15, 0.2) is 24.4 Å². The lowest BCUT2D eigenvalue weighted by molar-refractivity contribution is -0.117. The number of nitrogens with one attached hydrogen (secondary N) is 2. The number of hydrogen-bond acceptors (Lipinski definition) is 3. The molecule has 3 rings (SSSR count). The molecule has 1 aromatic carbocycles. The van der Waals surface area contributed by atoms with Crippen molar-refractivity contribution in [3.8, 4) is 0 Å². The highest BCUT2D eigenvalue weighted by molar-refractivity contribution is 5.93. The molecule has 1 aromatic heterocycles. The fourth-order valence-electron chi connectivity index (χ4n) is 2.95. The Balaban J connectivity index is 0.00000161. The van der Waals surface area contributed by atoms with Crippen LogP contribution in [0, 0.1) is 5.92 Å². The largest absolute Gasteiger partial charge is 0.327 e. The van der Waals surface area contributed by atoms with Crippen LogP contribution in [0.3, 0.4) is 0 Å². The van der Waals surface area contributed by atoms with Gasteiger partial charge in [-0.15, -0.1) is 12.4 Å².